The van der Waals surface area contributed by atoms with Crippen LogP contribution in [0, 0.1) is 0 Å². The zero-order valence-corrected chi connectivity index (χ0v) is 12.9. The number of hydrogen-bond acceptors (Lipinski definition) is 3. The van der Waals surface area contributed by atoms with Crippen molar-refractivity contribution in [3.63, 3.8) is 0 Å². The molecule has 0 N–H and O–H groups in total. The molecule has 0 aliphatic carbocycles. The molecule has 1 aromatic carbocycles. The lowest BCUT2D eigenvalue weighted by Crippen LogP contribution is -2.29. The normalized spacial score (nSPS) is 18.1. The molecule has 3 rings (SSSR count). The maximum absolute atomic E-state index is 12.5. The fraction of sp³-hybridized carbons (Fsp3) is 0.438. The molecule has 1 fully saturated rings. The number of hydrogen-bond donors (Lipinski definition) is 0. The molecule has 1 amide bonds. The van der Waals surface area contributed by atoms with Crippen molar-refractivity contribution in [2.24, 2.45) is 0 Å². The Kier molecular flexibility index (Phi) is 4.55. The Morgan fingerprint density at radius 2 is 1.83 bits per heavy atom. The number of rotatable bonds is 4. The van der Waals surface area contributed by atoms with Crippen LogP contribution in [-0.4, -0.2) is 38.9 Å². The van der Waals surface area contributed by atoms with E-state index in [-0.39, 0.29) is 18.4 Å². The van der Waals surface area contributed by atoms with E-state index >= 15 is 0 Å². The fourth-order valence-corrected chi connectivity index (χ4v) is 2.84. The molecule has 0 spiro atoms. The van der Waals surface area contributed by atoms with E-state index in [4.69, 9.17) is 0 Å². The molecule has 0 saturated carbocycles. The second-order valence-corrected chi connectivity index (χ2v) is 5.83. The molecule has 8 heteroatoms. The topological polar surface area (TPSA) is 51.0 Å². The molecule has 0 radical (unpaired) electrons. The molecule has 24 heavy (non-hydrogen) atoms. The molecular formula is C16H17F3N4O. The van der Waals surface area contributed by atoms with Crippen molar-refractivity contribution in [3.05, 3.63) is 47.8 Å². The van der Waals surface area contributed by atoms with Crippen LogP contribution in [0.5, 0.6) is 0 Å². The van der Waals surface area contributed by atoms with Crippen LogP contribution in [0.3, 0.4) is 0 Å². The van der Waals surface area contributed by atoms with Gasteiger partial charge in [-0.25, -0.2) is 0 Å². The molecule has 5 nitrogen and oxygen atoms in total. The number of aryl methyl sites for hydroxylation is 1. The van der Waals surface area contributed by atoms with Crippen LogP contribution in [0.4, 0.5) is 13.2 Å². The summed E-state index contributed by atoms with van der Waals surface area (Å²) in [5.41, 5.74) is 0.0486. The van der Waals surface area contributed by atoms with Crippen molar-refractivity contribution in [3.8, 4) is 0 Å². The molecule has 1 aliphatic rings. The Morgan fingerprint density at radius 3 is 2.46 bits per heavy atom. The smallest absolute Gasteiger partial charge is 0.340 e. The number of likely N-dealkylation sites (tertiary alicyclic amines) is 1. The van der Waals surface area contributed by atoms with Gasteiger partial charge in [0.2, 0.25) is 5.91 Å². The van der Waals surface area contributed by atoms with Gasteiger partial charge in [-0.2, -0.15) is 28.2 Å². The number of aromatic nitrogens is 3. The molecule has 1 atom stereocenters. The Labute approximate surface area is 137 Å². The minimum atomic E-state index is -4.33. The van der Waals surface area contributed by atoms with E-state index in [0.29, 0.717) is 19.5 Å². The van der Waals surface area contributed by atoms with Gasteiger partial charge in [-0.1, -0.05) is 12.1 Å². The summed E-state index contributed by atoms with van der Waals surface area (Å²) in [6, 6.07) is 5.05. The third kappa shape index (κ3) is 3.74. The van der Waals surface area contributed by atoms with E-state index in [1.54, 1.807) is 22.1 Å². The van der Waals surface area contributed by atoms with E-state index < -0.39 is 11.7 Å². The quantitative estimate of drug-likeness (QED) is 0.861. The molecular weight excluding hydrogens is 321 g/mol. The van der Waals surface area contributed by atoms with Gasteiger partial charge in [-0.15, -0.1) is 0 Å². The summed E-state index contributed by atoms with van der Waals surface area (Å²) >= 11 is 0. The molecule has 1 aliphatic heterocycles. The zero-order valence-electron chi connectivity index (χ0n) is 12.9. The van der Waals surface area contributed by atoms with Crippen molar-refractivity contribution in [1.29, 1.82) is 0 Å². The molecule has 128 valence electrons. The van der Waals surface area contributed by atoms with Gasteiger partial charge in [-0.3, -0.25) is 4.79 Å². The van der Waals surface area contributed by atoms with E-state index in [0.717, 1.165) is 24.1 Å². The summed E-state index contributed by atoms with van der Waals surface area (Å²) < 4.78 is 37.6. The maximum atomic E-state index is 12.5. The van der Waals surface area contributed by atoms with Crippen LogP contribution in [0.25, 0.3) is 0 Å². The van der Waals surface area contributed by atoms with E-state index in [1.807, 2.05) is 0 Å². The Morgan fingerprint density at radius 1 is 1.17 bits per heavy atom. The number of carbonyl (C=O) groups is 1. The average molecular weight is 338 g/mol. The lowest BCUT2D eigenvalue weighted by atomic mass is 10.1. The summed E-state index contributed by atoms with van der Waals surface area (Å²) in [6.07, 6.45) is 0.396. The SMILES string of the molecule is O=C(CCc1ccc(C(F)(F)F)cc1)N1CCC(n2nccn2)C1. The van der Waals surface area contributed by atoms with Gasteiger partial charge in [0.1, 0.15) is 0 Å². The number of halogens is 3. The third-order valence-electron chi connectivity index (χ3n) is 4.19. The Balaban J connectivity index is 1.51. The van der Waals surface area contributed by atoms with Crippen LogP contribution in [0.1, 0.15) is 30.0 Å². The van der Waals surface area contributed by atoms with E-state index in [1.165, 1.54) is 12.1 Å². The van der Waals surface area contributed by atoms with Crippen LogP contribution in [0.15, 0.2) is 36.7 Å². The minimum Gasteiger partial charge on any atom is -0.340 e. The minimum absolute atomic E-state index is 0.00422. The van der Waals surface area contributed by atoms with E-state index in [9.17, 15) is 18.0 Å². The van der Waals surface area contributed by atoms with Crippen LogP contribution in [0.2, 0.25) is 0 Å². The van der Waals surface area contributed by atoms with Gasteiger partial charge in [-0.05, 0) is 30.5 Å². The van der Waals surface area contributed by atoms with Crippen molar-refractivity contribution in [2.45, 2.75) is 31.5 Å². The van der Waals surface area contributed by atoms with Crippen LogP contribution >= 0.6 is 0 Å². The zero-order chi connectivity index (χ0) is 17.2. The largest absolute Gasteiger partial charge is 0.416 e. The average Bonchev–Trinajstić information content (AvgIpc) is 3.22. The number of benzene rings is 1. The summed E-state index contributed by atoms with van der Waals surface area (Å²) in [4.78, 5) is 15.6. The van der Waals surface area contributed by atoms with Crippen molar-refractivity contribution in [1.82, 2.24) is 19.9 Å². The molecule has 0 bridgehead atoms. The number of amides is 1. The molecule has 1 unspecified atom stereocenters. The third-order valence-corrected chi connectivity index (χ3v) is 4.19. The Bertz CT molecular complexity index is 682. The highest BCUT2D eigenvalue weighted by Gasteiger charge is 2.30. The van der Waals surface area contributed by atoms with Crippen molar-refractivity contribution in [2.75, 3.05) is 13.1 Å². The van der Waals surface area contributed by atoms with Gasteiger partial charge in [0, 0.05) is 19.5 Å². The second-order valence-electron chi connectivity index (χ2n) is 5.83. The molecule has 2 aromatic rings. The van der Waals surface area contributed by atoms with Gasteiger partial charge in [0.25, 0.3) is 0 Å². The predicted molar refractivity (Wildman–Crippen MR) is 80.0 cm³/mol. The summed E-state index contributed by atoms with van der Waals surface area (Å²) in [5.74, 6) is 0.00422. The van der Waals surface area contributed by atoms with Gasteiger partial charge >= 0.3 is 6.18 Å². The monoisotopic (exact) mass is 338 g/mol. The van der Waals surface area contributed by atoms with Crippen LogP contribution in [-0.2, 0) is 17.4 Å². The lowest BCUT2D eigenvalue weighted by molar-refractivity contribution is -0.137. The second kappa shape index (κ2) is 6.62. The number of nitrogens with zero attached hydrogens (tertiary/aromatic N) is 4. The summed E-state index contributed by atoms with van der Waals surface area (Å²) in [6.45, 7) is 1.22. The highest BCUT2D eigenvalue weighted by Crippen LogP contribution is 2.29. The molecule has 1 saturated heterocycles. The predicted octanol–water partition coefficient (Wildman–Crippen LogP) is 2.70. The standard InChI is InChI=1S/C16H17F3N4O/c17-16(18,19)13-4-1-12(2-5-13)3-6-15(24)22-10-7-14(11-22)23-20-8-9-21-23/h1-2,4-5,8-9,14H,3,6-7,10-11H2. The number of carbonyl (C=O) groups excluding carboxylic acids is 1. The fourth-order valence-electron chi connectivity index (χ4n) is 2.84. The first-order chi connectivity index (χ1) is 11.4. The summed E-state index contributed by atoms with van der Waals surface area (Å²) in [5, 5.41) is 8.18. The maximum Gasteiger partial charge on any atom is 0.416 e. The first-order valence-corrected chi connectivity index (χ1v) is 7.73. The van der Waals surface area contributed by atoms with Gasteiger partial charge < -0.3 is 4.90 Å². The molecule has 1 aromatic heterocycles. The summed E-state index contributed by atoms with van der Waals surface area (Å²) in [7, 11) is 0. The molecule has 2 heterocycles. The van der Waals surface area contributed by atoms with Crippen molar-refractivity contribution >= 4 is 5.91 Å². The van der Waals surface area contributed by atoms with E-state index in [2.05, 4.69) is 10.2 Å². The van der Waals surface area contributed by atoms with Gasteiger partial charge in [0.15, 0.2) is 0 Å². The first-order valence-electron chi connectivity index (χ1n) is 7.73. The highest BCUT2D eigenvalue weighted by atomic mass is 19.4. The number of alkyl halides is 3. The highest BCUT2D eigenvalue weighted by molar-refractivity contribution is 5.76. The Hall–Kier alpha value is -2.38. The first kappa shape index (κ1) is 16.5. The van der Waals surface area contributed by atoms with Crippen LogP contribution < -0.4 is 0 Å². The van der Waals surface area contributed by atoms with Crippen molar-refractivity contribution < 1.29 is 18.0 Å². The van der Waals surface area contributed by atoms with Gasteiger partial charge in [0.05, 0.1) is 24.0 Å². The lowest BCUT2D eigenvalue weighted by Gasteiger charge is -2.16.